The first kappa shape index (κ1) is 13.2. The van der Waals surface area contributed by atoms with Crippen molar-refractivity contribution in [2.45, 2.75) is 0 Å². The Bertz CT molecular complexity index is 797. The van der Waals surface area contributed by atoms with Crippen LogP contribution in [0.25, 0.3) is 17.0 Å². The molecule has 0 aliphatic heterocycles. The van der Waals surface area contributed by atoms with Crippen LogP contribution in [-0.4, -0.2) is 17.9 Å². The van der Waals surface area contributed by atoms with E-state index >= 15 is 0 Å². The Hall–Kier alpha value is -2.81. The van der Waals surface area contributed by atoms with Gasteiger partial charge in [0, 0.05) is 17.3 Å². The fourth-order valence-corrected chi connectivity index (χ4v) is 2.20. The maximum absolute atomic E-state index is 12.1. The average molecular weight is 277 g/mol. The molecular formula is C18H15NO2. The van der Waals surface area contributed by atoms with Gasteiger partial charge in [-0.05, 0) is 59.5 Å². The number of ether oxygens (including phenoxy) is 1. The van der Waals surface area contributed by atoms with Gasteiger partial charge in [0.25, 0.3) is 0 Å². The molecule has 2 aromatic carbocycles. The van der Waals surface area contributed by atoms with E-state index < -0.39 is 0 Å². The van der Waals surface area contributed by atoms with Crippen molar-refractivity contribution in [2.24, 2.45) is 0 Å². The van der Waals surface area contributed by atoms with Gasteiger partial charge in [0.15, 0.2) is 5.78 Å². The Balaban J connectivity index is 1.78. The zero-order valence-electron chi connectivity index (χ0n) is 11.7. The SMILES string of the molecule is COc1ccc(C(=O)/C=C/c2ccc3[nH]ccc3c2)cc1. The van der Waals surface area contributed by atoms with Crippen LogP contribution in [0.1, 0.15) is 15.9 Å². The highest BCUT2D eigenvalue weighted by molar-refractivity contribution is 6.07. The van der Waals surface area contributed by atoms with Gasteiger partial charge in [0.1, 0.15) is 5.75 Å². The number of H-pyrrole nitrogens is 1. The molecule has 0 unspecified atom stereocenters. The highest BCUT2D eigenvalue weighted by atomic mass is 16.5. The van der Waals surface area contributed by atoms with Crippen molar-refractivity contribution in [1.82, 2.24) is 4.98 Å². The molecule has 0 aliphatic rings. The minimum absolute atomic E-state index is 0.0215. The predicted octanol–water partition coefficient (Wildman–Crippen LogP) is 4.07. The van der Waals surface area contributed by atoms with E-state index in [-0.39, 0.29) is 5.78 Å². The zero-order chi connectivity index (χ0) is 14.7. The van der Waals surface area contributed by atoms with Crippen LogP contribution in [0, 0.1) is 0 Å². The molecule has 0 radical (unpaired) electrons. The third-order valence-corrected chi connectivity index (χ3v) is 3.38. The molecule has 0 bridgehead atoms. The molecule has 0 fully saturated rings. The minimum atomic E-state index is -0.0215. The summed E-state index contributed by atoms with van der Waals surface area (Å²) < 4.78 is 5.08. The number of hydrogen-bond donors (Lipinski definition) is 1. The van der Waals surface area contributed by atoms with Crippen molar-refractivity contribution in [3.05, 3.63) is 71.9 Å². The summed E-state index contributed by atoms with van der Waals surface area (Å²) in [7, 11) is 1.61. The number of carbonyl (C=O) groups is 1. The van der Waals surface area contributed by atoms with Gasteiger partial charge in [-0.3, -0.25) is 4.79 Å². The number of allylic oxidation sites excluding steroid dienone is 1. The summed E-state index contributed by atoms with van der Waals surface area (Å²) >= 11 is 0. The standard InChI is InChI=1S/C18H15NO2/c1-21-16-6-4-14(5-7-16)18(20)9-3-13-2-8-17-15(12-13)10-11-19-17/h2-12,19H,1H3/b9-3+. The van der Waals surface area contributed by atoms with Gasteiger partial charge in [-0.15, -0.1) is 0 Å². The Morgan fingerprint density at radius 3 is 2.67 bits per heavy atom. The molecule has 0 saturated heterocycles. The summed E-state index contributed by atoms with van der Waals surface area (Å²) in [5.41, 5.74) is 2.74. The summed E-state index contributed by atoms with van der Waals surface area (Å²) in [6.07, 6.45) is 5.33. The molecular weight excluding hydrogens is 262 g/mol. The number of rotatable bonds is 4. The maximum Gasteiger partial charge on any atom is 0.185 e. The number of benzene rings is 2. The van der Waals surface area contributed by atoms with Crippen LogP contribution < -0.4 is 4.74 Å². The van der Waals surface area contributed by atoms with E-state index in [1.807, 2.05) is 36.5 Å². The molecule has 3 heteroatoms. The molecule has 1 aromatic heterocycles. The number of aromatic nitrogens is 1. The maximum atomic E-state index is 12.1. The topological polar surface area (TPSA) is 42.1 Å². The summed E-state index contributed by atoms with van der Waals surface area (Å²) in [6.45, 7) is 0. The summed E-state index contributed by atoms with van der Waals surface area (Å²) in [5.74, 6) is 0.722. The smallest absolute Gasteiger partial charge is 0.185 e. The van der Waals surface area contributed by atoms with Gasteiger partial charge in [-0.1, -0.05) is 12.1 Å². The Labute approximate surface area is 122 Å². The van der Waals surface area contributed by atoms with E-state index in [0.717, 1.165) is 22.2 Å². The second-order valence-corrected chi connectivity index (χ2v) is 4.75. The van der Waals surface area contributed by atoms with Gasteiger partial charge in [0.05, 0.1) is 7.11 Å². The van der Waals surface area contributed by atoms with Crippen molar-refractivity contribution < 1.29 is 9.53 Å². The van der Waals surface area contributed by atoms with Gasteiger partial charge in [0.2, 0.25) is 0 Å². The Morgan fingerprint density at radius 2 is 1.90 bits per heavy atom. The molecule has 0 amide bonds. The van der Waals surface area contributed by atoms with Gasteiger partial charge >= 0.3 is 0 Å². The van der Waals surface area contributed by atoms with Crippen LogP contribution in [-0.2, 0) is 0 Å². The van der Waals surface area contributed by atoms with Crippen LogP contribution in [0.2, 0.25) is 0 Å². The van der Waals surface area contributed by atoms with E-state index in [1.54, 1.807) is 37.5 Å². The lowest BCUT2D eigenvalue weighted by Crippen LogP contribution is -1.94. The van der Waals surface area contributed by atoms with Gasteiger partial charge in [-0.25, -0.2) is 0 Å². The molecule has 0 spiro atoms. The lowest BCUT2D eigenvalue weighted by molar-refractivity contribution is 0.104. The fraction of sp³-hybridized carbons (Fsp3) is 0.0556. The van der Waals surface area contributed by atoms with Crippen molar-refractivity contribution in [3.63, 3.8) is 0 Å². The first-order valence-corrected chi connectivity index (χ1v) is 6.70. The molecule has 0 aliphatic carbocycles. The molecule has 1 heterocycles. The molecule has 1 N–H and O–H groups in total. The molecule has 3 nitrogen and oxygen atoms in total. The third-order valence-electron chi connectivity index (χ3n) is 3.38. The lowest BCUT2D eigenvalue weighted by atomic mass is 10.1. The van der Waals surface area contributed by atoms with E-state index in [1.165, 1.54) is 0 Å². The lowest BCUT2D eigenvalue weighted by Gasteiger charge is -2.00. The number of hydrogen-bond acceptors (Lipinski definition) is 2. The highest BCUT2D eigenvalue weighted by Crippen LogP contribution is 2.16. The van der Waals surface area contributed by atoms with E-state index in [0.29, 0.717) is 5.56 Å². The molecule has 21 heavy (non-hydrogen) atoms. The number of nitrogens with one attached hydrogen (secondary N) is 1. The summed E-state index contributed by atoms with van der Waals surface area (Å²) in [6, 6.07) is 15.1. The second kappa shape index (κ2) is 5.67. The highest BCUT2D eigenvalue weighted by Gasteiger charge is 2.02. The van der Waals surface area contributed by atoms with Crippen molar-refractivity contribution in [3.8, 4) is 5.75 Å². The Morgan fingerprint density at radius 1 is 1.10 bits per heavy atom. The molecule has 104 valence electrons. The van der Waals surface area contributed by atoms with Crippen LogP contribution in [0.5, 0.6) is 5.75 Å². The van der Waals surface area contributed by atoms with Crippen LogP contribution >= 0.6 is 0 Å². The number of aromatic amines is 1. The van der Waals surface area contributed by atoms with Crippen LogP contribution in [0.3, 0.4) is 0 Å². The Kier molecular flexibility index (Phi) is 3.56. The minimum Gasteiger partial charge on any atom is -0.497 e. The van der Waals surface area contributed by atoms with E-state index in [9.17, 15) is 4.79 Å². The molecule has 0 saturated carbocycles. The predicted molar refractivity (Wildman–Crippen MR) is 84.7 cm³/mol. The van der Waals surface area contributed by atoms with Gasteiger partial charge < -0.3 is 9.72 Å². The van der Waals surface area contributed by atoms with Crippen LogP contribution in [0.15, 0.2) is 60.8 Å². The number of ketones is 1. The zero-order valence-corrected chi connectivity index (χ0v) is 11.7. The number of methoxy groups -OCH3 is 1. The normalized spacial score (nSPS) is 11.1. The van der Waals surface area contributed by atoms with Crippen molar-refractivity contribution in [1.29, 1.82) is 0 Å². The monoisotopic (exact) mass is 277 g/mol. The number of fused-ring (bicyclic) bond motifs is 1. The number of carbonyl (C=O) groups excluding carboxylic acids is 1. The van der Waals surface area contributed by atoms with Crippen molar-refractivity contribution in [2.75, 3.05) is 7.11 Å². The fourth-order valence-electron chi connectivity index (χ4n) is 2.20. The molecule has 3 aromatic rings. The summed E-state index contributed by atoms with van der Waals surface area (Å²) in [5, 5.41) is 1.13. The second-order valence-electron chi connectivity index (χ2n) is 4.75. The average Bonchev–Trinajstić information content (AvgIpc) is 3.00. The first-order valence-electron chi connectivity index (χ1n) is 6.70. The molecule has 3 rings (SSSR count). The largest absolute Gasteiger partial charge is 0.497 e. The van der Waals surface area contributed by atoms with Gasteiger partial charge in [-0.2, -0.15) is 0 Å². The summed E-state index contributed by atoms with van der Waals surface area (Å²) in [4.78, 5) is 15.2. The van der Waals surface area contributed by atoms with Crippen molar-refractivity contribution >= 4 is 22.8 Å². The van der Waals surface area contributed by atoms with E-state index in [2.05, 4.69) is 4.98 Å². The quantitative estimate of drug-likeness (QED) is 0.577. The third kappa shape index (κ3) is 2.87. The van der Waals surface area contributed by atoms with Crippen LogP contribution in [0.4, 0.5) is 0 Å². The van der Waals surface area contributed by atoms with E-state index in [4.69, 9.17) is 4.74 Å². The molecule has 0 atom stereocenters. The first-order chi connectivity index (χ1) is 10.3.